The van der Waals surface area contributed by atoms with Gasteiger partial charge in [-0.1, -0.05) is 35.4 Å². The molecule has 0 bridgehead atoms. The molecule has 0 aromatic carbocycles. The van der Waals surface area contributed by atoms with Crippen molar-refractivity contribution >= 4 is 21.6 Å². The monoisotopic (exact) mass is 253 g/mol. The summed E-state index contributed by atoms with van der Waals surface area (Å²) in [6.45, 7) is 10.2. The van der Waals surface area contributed by atoms with Crippen molar-refractivity contribution in [1.29, 1.82) is 0 Å². The Hall–Kier alpha value is 0.580. The van der Waals surface area contributed by atoms with Crippen molar-refractivity contribution in [1.82, 2.24) is 5.32 Å². The summed E-state index contributed by atoms with van der Waals surface area (Å²) in [5.74, 6) is 0.635. The Balaban J connectivity index is 3.46. The number of rotatable bonds is 9. The average Bonchev–Trinajstić information content (AvgIpc) is 2.15. The molecule has 0 radical (unpaired) electrons. The van der Waals surface area contributed by atoms with Gasteiger partial charge in [0.25, 0.3) is 0 Å². The van der Waals surface area contributed by atoms with Crippen molar-refractivity contribution in [3.63, 3.8) is 0 Å². The number of ether oxygens (including phenoxy) is 1. The van der Waals surface area contributed by atoms with Crippen LogP contribution in [0.1, 0.15) is 27.7 Å². The molecular weight excluding hydrogens is 230 g/mol. The quantitative estimate of drug-likeness (QED) is 0.374. The first-order valence-corrected chi connectivity index (χ1v) is 7.52. The number of aliphatic hydroxyl groups is 1. The van der Waals surface area contributed by atoms with E-state index in [4.69, 9.17) is 9.84 Å². The molecular formula is C10H23NO2S2. The van der Waals surface area contributed by atoms with E-state index in [2.05, 4.69) is 33.0 Å². The van der Waals surface area contributed by atoms with Gasteiger partial charge in [0, 0.05) is 17.3 Å². The minimum atomic E-state index is 0.101. The highest BCUT2D eigenvalue weighted by Crippen LogP contribution is 2.35. The van der Waals surface area contributed by atoms with Gasteiger partial charge in [-0.3, -0.25) is 0 Å². The van der Waals surface area contributed by atoms with E-state index in [1.54, 1.807) is 10.8 Å². The van der Waals surface area contributed by atoms with Crippen molar-refractivity contribution in [2.45, 2.75) is 38.5 Å². The van der Waals surface area contributed by atoms with Crippen LogP contribution in [0.25, 0.3) is 0 Å². The molecule has 2 N–H and O–H groups in total. The Morgan fingerprint density at radius 3 is 2.60 bits per heavy atom. The van der Waals surface area contributed by atoms with Crippen LogP contribution in [0.2, 0.25) is 0 Å². The molecule has 15 heavy (non-hydrogen) atoms. The van der Waals surface area contributed by atoms with Crippen molar-refractivity contribution in [3.8, 4) is 0 Å². The normalized spacial score (nSPS) is 12.4. The Labute approximate surface area is 101 Å². The molecule has 0 saturated heterocycles. The lowest BCUT2D eigenvalue weighted by molar-refractivity contribution is 0.126. The molecule has 92 valence electrons. The van der Waals surface area contributed by atoms with Crippen LogP contribution < -0.4 is 5.32 Å². The van der Waals surface area contributed by atoms with Crippen LogP contribution in [0.3, 0.4) is 0 Å². The largest absolute Gasteiger partial charge is 0.394 e. The first-order chi connectivity index (χ1) is 6.98. The van der Waals surface area contributed by atoms with Crippen LogP contribution in [0.5, 0.6) is 0 Å². The SMILES string of the molecule is CC(C)NCC(C)(C)SSCOCCO. The molecule has 0 rings (SSSR count). The van der Waals surface area contributed by atoms with Crippen LogP contribution in [0.15, 0.2) is 0 Å². The van der Waals surface area contributed by atoms with E-state index in [-0.39, 0.29) is 11.4 Å². The topological polar surface area (TPSA) is 41.5 Å². The summed E-state index contributed by atoms with van der Waals surface area (Å²) in [4.78, 5) is 0. The van der Waals surface area contributed by atoms with Gasteiger partial charge in [0.1, 0.15) is 5.94 Å². The Morgan fingerprint density at radius 1 is 1.40 bits per heavy atom. The Bertz CT molecular complexity index is 154. The Morgan fingerprint density at radius 2 is 2.07 bits per heavy atom. The van der Waals surface area contributed by atoms with Crippen LogP contribution in [0.4, 0.5) is 0 Å². The molecule has 0 heterocycles. The molecule has 0 atom stereocenters. The molecule has 0 saturated carbocycles. The standard InChI is InChI=1S/C10H23NO2S2/c1-9(2)11-7-10(3,4)15-14-8-13-6-5-12/h9,11-12H,5-8H2,1-4H3. The number of hydrogen-bond donors (Lipinski definition) is 2. The fourth-order valence-electron chi connectivity index (χ4n) is 0.820. The lowest BCUT2D eigenvalue weighted by Gasteiger charge is -2.24. The van der Waals surface area contributed by atoms with Gasteiger partial charge in [0.05, 0.1) is 13.2 Å². The lowest BCUT2D eigenvalue weighted by Crippen LogP contribution is -2.35. The van der Waals surface area contributed by atoms with E-state index in [0.717, 1.165) is 6.54 Å². The van der Waals surface area contributed by atoms with Crippen LogP contribution in [-0.2, 0) is 4.74 Å². The maximum absolute atomic E-state index is 8.52. The first kappa shape index (κ1) is 15.6. The van der Waals surface area contributed by atoms with E-state index in [0.29, 0.717) is 18.6 Å². The zero-order valence-electron chi connectivity index (χ0n) is 10.1. The molecule has 0 aromatic heterocycles. The van der Waals surface area contributed by atoms with E-state index in [1.165, 1.54) is 0 Å². The average molecular weight is 253 g/mol. The third-order valence-corrected chi connectivity index (χ3v) is 4.56. The predicted molar refractivity (Wildman–Crippen MR) is 70.3 cm³/mol. The molecule has 0 fully saturated rings. The fourth-order valence-corrected chi connectivity index (χ4v) is 3.00. The van der Waals surface area contributed by atoms with E-state index >= 15 is 0 Å². The molecule has 0 unspecified atom stereocenters. The van der Waals surface area contributed by atoms with Gasteiger partial charge < -0.3 is 15.2 Å². The summed E-state index contributed by atoms with van der Waals surface area (Å²) in [5, 5.41) is 11.9. The fraction of sp³-hybridized carbons (Fsp3) is 1.00. The second-order valence-corrected chi connectivity index (χ2v) is 7.20. The van der Waals surface area contributed by atoms with Gasteiger partial charge in [-0.2, -0.15) is 0 Å². The molecule has 3 nitrogen and oxygen atoms in total. The van der Waals surface area contributed by atoms with E-state index in [1.807, 2.05) is 10.8 Å². The van der Waals surface area contributed by atoms with Gasteiger partial charge in [-0.15, -0.1) is 0 Å². The van der Waals surface area contributed by atoms with Gasteiger partial charge in [0.2, 0.25) is 0 Å². The molecule has 0 spiro atoms. The van der Waals surface area contributed by atoms with Crippen molar-refractivity contribution in [3.05, 3.63) is 0 Å². The highest BCUT2D eigenvalue weighted by molar-refractivity contribution is 8.77. The molecule has 0 aliphatic carbocycles. The maximum atomic E-state index is 8.52. The van der Waals surface area contributed by atoms with Crippen LogP contribution >= 0.6 is 21.6 Å². The van der Waals surface area contributed by atoms with Gasteiger partial charge in [-0.05, 0) is 13.8 Å². The summed E-state index contributed by atoms with van der Waals surface area (Å²) >= 11 is 0. The highest BCUT2D eigenvalue weighted by atomic mass is 33.1. The summed E-state index contributed by atoms with van der Waals surface area (Å²) in [7, 11) is 3.51. The number of aliphatic hydroxyl groups excluding tert-OH is 1. The summed E-state index contributed by atoms with van der Waals surface area (Å²) in [6, 6.07) is 0.528. The van der Waals surface area contributed by atoms with Crippen LogP contribution in [-0.4, -0.2) is 41.6 Å². The maximum Gasteiger partial charge on any atom is 0.102 e. The van der Waals surface area contributed by atoms with E-state index in [9.17, 15) is 0 Å². The molecule has 0 aromatic rings. The van der Waals surface area contributed by atoms with E-state index < -0.39 is 0 Å². The summed E-state index contributed by atoms with van der Waals surface area (Å²) in [5.41, 5.74) is 0. The van der Waals surface area contributed by atoms with Crippen molar-refractivity contribution in [2.75, 3.05) is 25.7 Å². The van der Waals surface area contributed by atoms with Gasteiger partial charge in [-0.25, -0.2) is 0 Å². The predicted octanol–water partition coefficient (Wildman–Crippen LogP) is 2.11. The Kier molecular flexibility index (Phi) is 9.04. The number of hydrogen-bond acceptors (Lipinski definition) is 5. The van der Waals surface area contributed by atoms with Gasteiger partial charge in [0.15, 0.2) is 0 Å². The molecule has 0 aliphatic rings. The third kappa shape index (κ3) is 10.9. The van der Waals surface area contributed by atoms with Crippen molar-refractivity contribution < 1.29 is 9.84 Å². The molecule has 0 aliphatic heterocycles. The minimum absolute atomic E-state index is 0.101. The molecule has 5 heteroatoms. The lowest BCUT2D eigenvalue weighted by atomic mass is 10.2. The second kappa shape index (κ2) is 8.70. The minimum Gasteiger partial charge on any atom is -0.394 e. The second-order valence-electron chi connectivity index (χ2n) is 4.25. The smallest absolute Gasteiger partial charge is 0.102 e. The highest BCUT2D eigenvalue weighted by Gasteiger charge is 2.18. The third-order valence-electron chi connectivity index (χ3n) is 1.59. The van der Waals surface area contributed by atoms with Crippen molar-refractivity contribution in [2.24, 2.45) is 0 Å². The zero-order valence-corrected chi connectivity index (χ0v) is 11.7. The summed E-state index contributed by atoms with van der Waals surface area (Å²) < 4.78 is 5.38. The zero-order chi connectivity index (χ0) is 11.7. The van der Waals surface area contributed by atoms with Gasteiger partial charge >= 0.3 is 0 Å². The van der Waals surface area contributed by atoms with Crippen LogP contribution in [0, 0.1) is 0 Å². The number of nitrogens with one attached hydrogen (secondary N) is 1. The molecule has 0 amide bonds. The first-order valence-electron chi connectivity index (χ1n) is 5.20. The summed E-state index contributed by atoms with van der Waals surface area (Å²) in [6.07, 6.45) is 0.